The summed E-state index contributed by atoms with van der Waals surface area (Å²) in [7, 11) is 3.33. The molecule has 0 radical (unpaired) electrons. The summed E-state index contributed by atoms with van der Waals surface area (Å²) < 4.78 is 16.7. The van der Waals surface area contributed by atoms with E-state index >= 15 is 0 Å². The van der Waals surface area contributed by atoms with Crippen LogP contribution in [0.1, 0.15) is 16.1 Å². The molecular formula is C18H21BrN2O4. The number of amides is 1. The standard InChI is InChI=1S/C18H21BrN2O4/c1-23-14-3-4-15(24-2)13(11-14)12-20-7-9-21(10-8-20)18(22)16-5-6-17(19)25-16/h3-6,11H,7-10,12H2,1-2H3. The van der Waals surface area contributed by atoms with Gasteiger partial charge < -0.3 is 18.8 Å². The van der Waals surface area contributed by atoms with Gasteiger partial charge in [0.25, 0.3) is 5.91 Å². The highest BCUT2D eigenvalue weighted by atomic mass is 79.9. The highest BCUT2D eigenvalue weighted by molar-refractivity contribution is 9.10. The maximum absolute atomic E-state index is 12.4. The molecule has 0 N–H and O–H groups in total. The van der Waals surface area contributed by atoms with Crippen molar-refractivity contribution in [1.82, 2.24) is 9.80 Å². The first-order chi connectivity index (χ1) is 12.1. The van der Waals surface area contributed by atoms with E-state index in [0.29, 0.717) is 23.5 Å². The minimum Gasteiger partial charge on any atom is -0.497 e. The van der Waals surface area contributed by atoms with Crippen LogP contribution in [0.25, 0.3) is 0 Å². The van der Waals surface area contributed by atoms with Crippen molar-refractivity contribution in [3.63, 3.8) is 0 Å². The van der Waals surface area contributed by atoms with E-state index in [2.05, 4.69) is 20.8 Å². The molecule has 0 bridgehead atoms. The van der Waals surface area contributed by atoms with Crippen LogP contribution < -0.4 is 9.47 Å². The van der Waals surface area contributed by atoms with E-state index in [9.17, 15) is 4.79 Å². The number of ether oxygens (including phenoxy) is 2. The number of hydrogen-bond acceptors (Lipinski definition) is 5. The molecule has 1 aliphatic rings. The summed E-state index contributed by atoms with van der Waals surface area (Å²) in [6, 6.07) is 9.23. The molecule has 2 heterocycles. The summed E-state index contributed by atoms with van der Waals surface area (Å²) in [5.41, 5.74) is 1.08. The van der Waals surface area contributed by atoms with Crippen LogP contribution in [0.3, 0.4) is 0 Å². The lowest BCUT2D eigenvalue weighted by Gasteiger charge is -2.34. The number of benzene rings is 1. The van der Waals surface area contributed by atoms with Crippen LogP contribution in [-0.2, 0) is 6.54 Å². The van der Waals surface area contributed by atoms with Crippen molar-refractivity contribution in [2.24, 2.45) is 0 Å². The topological polar surface area (TPSA) is 55.2 Å². The van der Waals surface area contributed by atoms with Gasteiger partial charge in [0.2, 0.25) is 0 Å². The zero-order chi connectivity index (χ0) is 17.8. The lowest BCUT2D eigenvalue weighted by molar-refractivity contribution is 0.0595. The van der Waals surface area contributed by atoms with Crippen LogP contribution in [0.15, 0.2) is 39.4 Å². The number of methoxy groups -OCH3 is 2. The van der Waals surface area contributed by atoms with Gasteiger partial charge in [0, 0.05) is 38.3 Å². The summed E-state index contributed by atoms with van der Waals surface area (Å²) in [5, 5.41) is 0. The molecule has 0 unspecified atom stereocenters. The molecule has 0 spiro atoms. The Labute approximate surface area is 155 Å². The number of carbonyl (C=O) groups excluding carboxylic acids is 1. The molecule has 0 saturated carbocycles. The number of furan rings is 1. The van der Waals surface area contributed by atoms with Gasteiger partial charge in [0.15, 0.2) is 10.4 Å². The van der Waals surface area contributed by atoms with Crippen molar-refractivity contribution >= 4 is 21.8 Å². The van der Waals surface area contributed by atoms with E-state index in [-0.39, 0.29) is 5.91 Å². The van der Waals surface area contributed by atoms with E-state index < -0.39 is 0 Å². The fourth-order valence-electron chi connectivity index (χ4n) is 2.94. The van der Waals surface area contributed by atoms with Gasteiger partial charge in [-0.2, -0.15) is 0 Å². The normalized spacial score (nSPS) is 15.2. The van der Waals surface area contributed by atoms with E-state index in [4.69, 9.17) is 13.9 Å². The third-order valence-electron chi connectivity index (χ3n) is 4.33. The van der Waals surface area contributed by atoms with Gasteiger partial charge >= 0.3 is 0 Å². The van der Waals surface area contributed by atoms with Crippen molar-refractivity contribution in [3.8, 4) is 11.5 Å². The predicted octanol–water partition coefficient (Wildman–Crippen LogP) is 3.02. The number of piperazine rings is 1. The van der Waals surface area contributed by atoms with Crippen LogP contribution >= 0.6 is 15.9 Å². The quantitative estimate of drug-likeness (QED) is 0.760. The third-order valence-corrected chi connectivity index (χ3v) is 4.75. The van der Waals surface area contributed by atoms with Crippen molar-refractivity contribution in [3.05, 3.63) is 46.3 Å². The maximum atomic E-state index is 12.4. The molecular weight excluding hydrogens is 388 g/mol. The van der Waals surface area contributed by atoms with Gasteiger partial charge in [-0.25, -0.2) is 0 Å². The van der Waals surface area contributed by atoms with Crippen molar-refractivity contribution in [1.29, 1.82) is 0 Å². The van der Waals surface area contributed by atoms with Gasteiger partial charge in [0.05, 0.1) is 14.2 Å². The number of halogens is 1. The molecule has 1 saturated heterocycles. The molecule has 1 aromatic heterocycles. The van der Waals surface area contributed by atoms with E-state index in [1.807, 2.05) is 23.1 Å². The molecule has 1 amide bonds. The van der Waals surface area contributed by atoms with Crippen LogP contribution in [0.5, 0.6) is 11.5 Å². The van der Waals surface area contributed by atoms with Gasteiger partial charge in [-0.15, -0.1) is 0 Å². The molecule has 2 aromatic rings. The van der Waals surface area contributed by atoms with E-state index in [1.165, 1.54) is 0 Å². The fraction of sp³-hybridized carbons (Fsp3) is 0.389. The first-order valence-corrected chi connectivity index (χ1v) is 8.88. The Bertz CT molecular complexity index is 738. The smallest absolute Gasteiger partial charge is 0.289 e. The summed E-state index contributed by atoms with van der Waals surface area (Å²) >= 11 is 3.23. The van der Waals surface area contributed by atoms with Crippen molar-refractivity contribution in [2.75, 3.05) is 40.4 Å². The predicted molar refractivity (Wildman–Crippen MR) is 97.1 cm³/mol. The SMILES string of the molecule is COc1ccc(OC)c(CN2CCN(C(=O)c3ccc(Br)o3)CC2)c1. The zero-order valence-electron chi connectivity index (χ0n) is 14.3. The third kappa shape index (κ3) is 4.16. The summed E-state index contributed by atoms with van der Waals surface area (Å²) in [6.45, 7) is 3.70. The van der Waals surface area contributed by atoms with E-state index in [0.717, 1.165) is 36.7 Å². The molecule has 0 atom stereocenters. The monoisotopic (exact) mass is 408 g/mol. The molecule has 25 heavy (non-hydrogen) atoms. The maximum Gasteiger partial charge on any atom is 0.289 e. The fourth-order valence-corrected chi connectivity index (χ4v) is 3.25. The first kappa shape index (κ1) is 17.8. The summed E-state index contributed by atoms with van der Waals surface area (Å²) in [5.74, 6) is 1.96. The first-order valence-electron chi connectivity index (χ1n) is 8.08. The lowest BCUT2D eigenvalue weighted by atomic mass is 10.1. The number of carbonyl (C=O) groups is 1. The lowest BCUT2D eigenvalue weighted by Crippen LogP contribution is -2.48. The Morgan fingerprint density at radius 1 is 1.12 bits per heavy atom. The minimum absolute atomic E-state index is 0.0655. The molecule has 7 heteroatoms. The molecule has 1 fully saturated rings. The molecule has 1 aromatic carbocycles. The molecule has 134 valence electrons. The zero-order valence-corrected chi connectivity index (χ0v) is 15.9. The number of rotatable bonds is 5. The van der Waals surface area contributed by atoms with Crippen LogP contribution in [0.4, 0.5) is 0 Å². The van der Waals surface area contributed by atoms with Crippen LogP contribution in [-0.4, -0.2) is 56.1 Å². The number of hydrogen-bond donors (Lipinski definition) is 0. The van der Waals surface area contributed by atoms with Crippen LogP contribution in [0, 0.1) is 0 Å². The minimum atomic E-state index is -0.0655. The van der Waals surface area contributed by atoms with Crippen molar-refractivity contribution < 1.29 is 18.7 Å². The second kappa shape index (κ2) is 7.93. The molecule has 1 aliphatic heterocycles. The Kier molecular flexibility index (Phi) is 5.65. The largest absolute Gasteiger partial charge is 0.497 e. The molecule has 0 aliphatic carbocycles. The van der Waals surface area contributed by atoms with E-state index in [1.54, 1.807) is 26.4 Å². The van der Waals surface area contributed by atoms with Gasteiger partial charge in [-0.1, -0.05) is 0 Å². The Morgan fingerprint density at radius 2 is 1.88 bits per heavy atom. The summed E-state index contributed by atoms with van der Waals surface area (Å²) in [4.78, 5) is 16.5. The average molecular weight is 409 g/mol. The number of nitrogens with zero attached hydrogens (tertiary/aromatic N) is 2. The highest BCUT2D eigenvalue weighted by Gasteiger charge is 2.24. The van der Waals surface area contributed by atoms with Crippen molar-refractivity contribution in [2.45, 2.75) is 6.54 Å². The second-order valence-corrected chi connectivity index (χ2v) is 6.63. The van der Waals surface area contributed by atoms with Gasteiger partial charge in [-0.05, 0) is 46.3 Å². The van der Waals surface area contributed by atoms with Gasteiger partial charge in [0.1, 0.15) is 11.5 Å². The second-order valence-electron chi connectivity index (χ2n) is 5.85. The Morgan fingerprint density at radius 3 is 2.48 bits per heavy atom. The Balaban J connectivity index is 1.60. The average Bonchev–Trinajstić information content (AvgIpc) is 3.08. The molecule has 3 rings (SSSR count). The van der Waals surface area contributed by atoms with Crippen LogP contribution in [0.2, 0.25) is 0 Å². The highest BCUT2D eigenvalue weighted by Crippen LogP contribution is 2.26. The molecule has 6 nitrogen and oxygen atoms in total. The Hall–Kier alpha value is -1.99. The van der Waals surface area contributed by atoms with Gasteiger partial charge in [-0.3, -0.25) is 9.69 Å². The summed E-state index contributed by atoms with van der Waals surface area (Å²) in [6.07, 6.45) is 0.